The van der Waals surface area contributed by atoms with Crippen LogP contribution in [0.3, 0.4) is 0 Å². The third kappa shape index (κ3) is 5.50. The number of nitrogens with one attached hydrogen (secondary N) is 1. The number of benzene rings is 1. The van der Waals surface area contributed by atoms with Crippen molar-refractivity contribution in [3.8, 4) is 0 Å². The average molecular weight is 313 g/mol. The molecule has 0 aliphatic carbocycles. The van der Waals surface area contributed by atoms with Crippen LogP contribution in [0.1, 0.15) is 5.56 Å². The molecule has 2 rings (SSSR count). The van der Waals surface area contributed by atoms with Crippen LogP contribution in [0, 0.1) is 4.91 Å². The molecular weight excluding hydrogens is 294 g/mol. The Labute approximate surface area is 124 Å². The van der Waals surface area contributed by atoms with Gasteiger partial charge in [-0.3, -0.25) is 4.90 Å². The van der Waals surface area contributed by atoms with Gasteiger partial charge in [-0.1, -0.05) is 12.1 Å². The molecule has 0 unspecified atom stereocenters. The second-order valence-electron chi connectivity index (χ2n) is 4.87. The molecule has 1 aromatic carbocycles. The quantitative estimate of drug-likeness (QED) is 0.754. The summed E-state index contributed by atoms with van der Waals surface area (Å²) in [7, 11) is -3.37. The first kappa shape index (κ1) is 16.0. The van der Waals surface area contributed by atoms with E-state index in [0.29, 0.717) is 31.9 Å². The normalized spacial score (nSPS) is 16.8. The van der Waals surface area contributed by atoms with E-state index in [1.165, 1.54) is 12.1 Å². The van der Waals surface area contributed by atoms with Crippen molar-refractivity contribution in [2.24, 2.45) is 5.18 Å². The molecule has 1 heterocycles. The lowest BCUT2D eigenvalue weighted by Crippen LogP contribution is -2.41. The fourth-order valence-corrected chi connectivity index (χ4v) is 3.24. The Morgan fingerprint density at radius 1 is 1.19 bits per heavy atom. The summed E-state index contributed by atoms with van der Waals surface area (Å²) in [5.74, 6) is -0.102. The molecule has 1 fully saturated rings. The molecule has 0 spiro atoms. The highest BCUT2D eigenvalue weighted by Gasteiger charge is 2.14. The summed E-state index contributed by atoms with van der Waals surface area (Å²) in [6.45, 7) is 4.13. The van der Waals surface area contributed by atoms with Crippen LogP contribution in [0.4, 0.5) is 5.69 Å². The minimum absolute atomic E-state index is 0.102. The summed E-state index contributed by atoms with van der Waals surface area (Å²) in [5.41, 5.74) is 0.915. The molecule has 1 aromatic rings. The number of hydrogen-bond donors (Lipinski definition) is 1. The fourth-order valence-electron chi connectivity index (χ4n) is 2.11. The summed E-state index contributed by atoms with van der Waals surface area (Å²) >= 11 is 0. The SMILES string of the molecule is O=Nc1ccc(CS(=O)(=O)NCCN2CCOCC2)cc1. The molecule has 0 atom stereocenters. The molecule has 0 bridgehead atoms. The van der Waals surface area contributed by atoms with Gasteiger partial charge < -0.3 is 4.74 Å². The number of nitrogens with zero attached hydrogens (tertiary/aromatic N) is 2. The van der Waals surface area contributed by atoms with Gasteiger partial charge in [0.05, 0.1) is 19.0 Å². The first-order valence-corrected chi connectivity index (χ1v) is 8.44. The number of ether oxygens (including phenoxy) is 1. The van der Waals surface area contributed by atoms with Gasteiger partial charge in [-0.15, -0.1) is 4.91 Å². The Morgan fingerprint density at radius 3 is 2.48 bits per heavy atom. The minimum atomic E-state index is -3.37. The monoisotopic (exact) mass is 313 g/mol. The van der Waals surface area contributed by atoms with Crippen molar-refractivity contribution >= 4 is 15.7 Å². The third-order valence-corrected chi connectivity index (χ3v) is 4.61. The van der Waals surface area contributed by atoms with Gasteiger partial charge >= 0.3 is 0 Å². The van der Waals surface area contributed by atoms with Crippen LogP contribution in [-0.4, -0.2) is 52.7 Å². The van der Waals surface area contributed by atoms with E-state index in [-0.39, 0.29) is 11.4 Å². The maximum atomic E-state index is 12.0. The number of nitroso groups, excluding NO2 is 1. The van der Waals surface area contributed by atoms with E-state index in [4.69, 9.17) is 4.74 Å². The van der Waals surface area contributed by atoms with Crippen LogP contribution >= 0.6 is 0 Å². The van der Waals surface area contributed by atoms with Crippen molar-refractivity contribution in [1.82, 2.24) is 9.62 Å². The smallest absolute Gasteiger partial charge is 0.215 e. The van der Waals surface area contributed by atoms with Gasteiger partial charge in [0.25, 0.3) is 0 Å². The van der Waals surface area contributed by atoms with Gasteiger partial charge in [0.1, 0.15) is 5.69 Å². The summed E-state index contributed by atoms with van der Waals surface area (Å²) in [6.07, 6.45) is 0. The molecule has 0 saturated carbocycles. The van der Waals surface area contributed by atoms with Gasteiger partial charge in [-0.05, 0) is 22.9 Å². The molecule has 21 heavy (non-hydrogen) atoms. The van der Waals surface area contributed by atoms with E-state index in [9.17, 15) is 13.3 Å². The standard InChI is InChI=1S/C13H19N3O4S/c17-15-13-3-1-12(2-4-13)11-21(18,19)14-5-6-16-7-9-20-10-8-16/h1-4,14H,5-11H2. The van der Waals surface area contributed by atoms with E-state index in [0.717, 1.165) is 13.1 Å². The summed E-state index contributed by atoms with van der Waals surface area (Å²) < 4.78 is 31.7. The van der Waals surface area contributed by atoms with Crippen LogP contribution in [-0.2, 0) is 20.5 Å². The van der Waals surface area contributed by atoms with Crippen molar-refractivity contribution in [2.75, 3.05) is 39.4 Å². The Balaban J connectivity index is 1.79. The highest BCUT2D eigenvalue weighted by atomic mass is 32.2. The van der Waals surface area contributed by atoms with Crippen molar-refractivity contribution in [1.29, 1.82) is 0 Å². The molecule has 0 radical (unpaired) electrons. The predicted molar refractivity (Wildman–Crippen MR) is 79.8 cm³/mol. The second kappa shape index (κ2) is 7.60. The van der Waals surface area contributed by atoms with Gasteiger partial charge in [0.15, 0.2) is 0 Å². The maximum Gasteiger partial charge on any atom is 0.215 e. The Kier molecular flexibility index (Phi) is 5.80. The Hall–Kier alpha value is -1.35. The lowest BCUT2D eigenvalue weighted by Gasteiger charge is -2.26. The summed E-state index contributed by atoms with van der Waals surface area (Å²) in [5, 5.41) is 2.78. The van der Waals surface area contributed by atoms with E-state index < -0.39 is 10.0 Å². The predicted octanol–water partition coefficient (Wildman–Crippen LogP) is 0.836. The minimum Gasteiger partial charge on any atom is -0.379 e. The molecular formula is C13H19N3O4S. The average Bonchev–Trinajstić information content (AvgIpc) is 2.48. The molecule has 1 saturated heterocycles. The molecule has 1 aliphatic heterocycles. The second-order valence-corrected chi connectivity index (χ2v) is 6.67. The number of hydrogen-bond acceptors (Lipinski definition) is 6. The molecule has 0 aromatic heterocycles. The number of sulfonamides is 1. The van der Waals surface area contributed by atoms with Gasteiger partial charge in [-0.2, -0.15) is 0 Å². The number of morpholine rings is 1. The van der Waals surface area contributed by atoms with E-state index >= 15 is 0 Å². The van der Waals surface area contributed by atoms with Crippen molar-refractivity contribution in [3.05, 3.63) is 34.7 Å². The Bertz CT molecular complexity index is 553. The lowest BCUT2D eigenvalue weighted by atomic mass is 10.2. The molecule has 1 aliphatic rings. The van der Waals surface area contributed by atoms with E-state index in [1.54, 1.807) is 12.1 Å². The summed E-state index contributed by atoms with van der Waals surface area (Å²) in [4.78, 5) is 12.5. The Morgan fingerprint density at radius 2 is 1.86 bits per heavy atom. The summed E-state index contributed by atoms with van der Waals surface area (Å²) in [6, 6.07) is 6.20. The van der Waals surface area contributed by atoms with Gasteiger partial charge in [0.2, 0.25) is 10.0 Å². The van der Waals surface area contributed by atoms with Gasteiger partial charge in [-0.25, -0.2) is 13.1 Å². The highest BCUT2D eigenvalue weighted by Crippen LogP contribution is 2.13. The van der Waals surface area contributed by atoms with Crippen molar-refractivity contribution in [3.63, 3.8) is 0 Å². The lowest BCUT2D eigenvalue weighted by molar-refractivity contribution is 0.0390. The van der Waals surface area contributed by atoms with Crippen LogP contribution < -0.4 is 4.72 Å². The largest absolute Gasteiger partial charge is 0.379 e. The highest BCUT2D eigenvalue weighted by molar-refractivity contribution is 7.88. The van der Waals surface area contributed by atoms with Crippen LogP contribution in [0.15, 0.2) is 29.4 Å². The maximum absolute atomic E-state index is 12.0. The fraction of sp³-hybridized carbons (Fsp3) is 0.538. The first-order chi connectivity index (χ1) is 10.1. The third-order valence-electron chi connectivity index (χ3n) is 3.25. The molecule has 1 N–H and O–H groups in total. The number of rotatable bonds is 7. The first-order valence-electron chi connectivity index (χ1n) is 6.79. The van der Waals surface area contributed by atoms with Crippen LogP contribution in [0.5, 0.6) is 0 Å². The van der Waals surface area contributed by atoms with E-state index in [1.807, 2.05) is 0 Å². The topological polar surface area (TPSA) is 88.1 Å². The zero-order valence-corrected chi connectivity index (χ0v) is 12.5. The van der Waals surface area contributed by atoms with Crippen molar-refractivity contribution < 1.29 is 13.2 Å². The van der Waals surface area contributed by atoms with Gasteiger partial charge in [0, 0.05) is 26.2 Å². The zero-order valence-electron chi connectivity index (χ0n) is 11.7. The molecule has 116 valence electrons. The molecule has 8 heteroatoms. The van der Waals surface area contributed by atoms with Crippen LogP contribution in [0.2, 0.25) is 0 Å². The van der Waals surface area contributed by atoms with Crippen molar-refractivity contribution in [2.45, 2.75) is 5.75 Å². The molecule has 7 nitrogen and oxygen atoms in total. The zero-order chi connectivity index (χ0) is 15.1. The molecule has 0 amide bonds. The van der Waals surface area contributed by atoms with Crippen LogP contribution in [0.25, 0.3) is 0 Å². The van der Waals surface area contributed by atoms with E-state index in [2.05, 4.69) is 14.8 Å².